The van der Waals surface area contributed by atoms with E-state index in [-0.39, 0.29) is 5.48 Å². The Morgan fingerprint density at radius 2 is 2.33 bits per heavy atom. The summed E-state index contributed by atoms with van der Waals surface area (Å²) < 4.78 is 0. The lowest BCUT2D eigenvalue weighted by molar-refractivity contribution is 0.386. The van der Waals surface area contributed by atoms with E-state index >= 15 is 0 Å². The van der Waals surface area contributed by atoms with E-state index in [1.807, 2.05) is 0 Å². The Hall–Kier alpha value is -0.0800. The van der Waals surface area contributed by atoms with Gasteiger partial charge in [0.25, 0.3) is 0 Å². The van der Waals surface area contributed by atoms with E-state index in [1.165, 1.54) is 25.9 Å². The summed E-state index contributed by atoms with van der Waals surface area (Å²) >= 11 is 0. The first kappa shape index (κ1) is 7.03. The van der Waals surface area contributed by atoms with Gasteiger partial charge < -0.3 is 10.8 Å². The molecular weight excluding hydrogens is 114 g/mol. The molecule has 0 aromatic rings. The van der Waals surface area contributed by atoms with Crippen LogP contribution in [0.1, 0.15) is 19.8 Å². The number of rotatable bonds is 0. The fourth-order valence-corrected chi connectivity index (χ4v) is 1.82. The van der Waals surface area contributed by atoms with Crippen molar-refractivity contribution in [1.82, 2.24) is 5.32 Å². The first-order valence-electron chi connectivity index (χ1n) is 3.52. The predicted octanol–water partition coefficient (Wildman–Crippen LogP) is 0.181. The molecule has 9 heavy (non-hydrogen) atoms. The third-order valence-electron chi connectivity index (χ3n) is 2.74. The molecule has 1 aliphatic carbocycles. The Bertz CT molecular complexity index is 113. The van der Waals surface area contributed by atoms with Gasteiger partial charge in [-0.25, -0.2) is 0 Å². The van der Waals surface area contributed by atoms with Crippen LogP contribution in [0.15, 0.2) is 0 Å². The van der Waals surface area contributed by atoms with E-state index in [1.54, 1.807) is 0 Å². The molecule has 1 heterocycles. The van der Waals surface area contributed by atoms with Crippen molar-refractivity contribution in [2.45, 2.75) is 19.8 Å². The van der Waals surface area contributed by atoms with Gasteiger partial charge in [0.15, 0.2) is 0 Å². The van der Waals surface area contributed by atoms with Gasteiger partial charge in [-0.2, -0.15) is 0 Å². The van der Waals surface area contributed by atoms with Crippen LogP contribution < -0.4 is 5.32 Å². The Morgan fingerprint density at radius 1 is 1.56 bits per heavy atom. The third kappa shape index (κ3) is 0.970. The van der Waals surface area contributed by atoms with Gasteiger partial charge in [0.1, 0.15) is 0 Å². The molecule has 54 valence electrons. The Balaban J connectivity index is 0.000000405. The highest BCUT2D eigenvalue weighted by Crippen LogP contribution is 2.54. The second-order valence-corrected chi connectivity index (χ2v) is 3.52. The van der Waals surface area contributed by atoms with Crippen molar-refractivity contribution in [3.8, 4) is 0 Å². The summed E-state index contributed by atoms with van der Waals surface area (Å²) in [6.45, 7) is 4.93. The Morgan fingerprint density at radius 3 is 2.78 bits per heavy atom. The van der Waals surface area contributed by atoms with Crippen LogP contribution in [-0.4, -0.2) is 18.6 Å². The molecule has 0 aromatic carbocycles. The molecule has 0 radical (unpaired) electrons. The summed E-state index contributed by atoms with van der Waals surface area (Å²) in [7, 11) is 0. The number of nitrogens with one attached hydrogen (secondary N) is 1. The number of hydrogen-bond donors (Lipinski definition) is 1. The van der Waals surface area contributed by atoms with Crippen molar-refractivity contribution in [2.24, 2.45) is 11.3 Å². The van der Waals surface area contributed by atoms with Crippen LogP contribution in [0, 0.1) is 11.3 Å². The van der Waals surface area contributed by atoms with Crippen LogP contribution in [0.2, 0.25) is 0 Å². The zero-order chi connectivity index (χ0) is 5.61. The number of hydrogen-bond acceptors (Lipinski definition) is 1. The molecule has 1 saturated carbocycles. The topological polar surface area (TPSA) is 43.5 Å². The highest BCUT2D eigenvalue weighted by atomic mass is 16.0. The number of fused-ring (bicyclic) bond motifs is 1. The molecule has 2 fully saturated rings. The molecule has 0 spiro atoms. The molecule has 1 aliphatic heterocycles. The second-order valence-electron chi connectivity index (χ2n) is 3.52. The van der Waals surface area contributed by atoms with E-state index in [9.17, 15) is 0 Å². The van der Waals surface area contributed by atoms with Crippen LogP contribution in [0.4, 0.5) is 0 Å². The molecule has 0 amide bonds. The van der Waals surface area contributed by atoms with Crippen molar-refractivity contribution < 1.29 is 5.48 Å². The maximum atomic E-state index is 3.42. The van der Waals surface area contributed by atoms with E-state index in [2.05, 4.69) is 12.2 Å². The lowest BCUT2D eigenvalue weighted by atomic mass is 10.0. The smallest absolute Gasteiger partial charge is 0.000793 e. The molecule has 1 saturated heterocycles. The lowest BCUT2D eigenvalue weighted by Crippen LogP contribution is -2.29. The minimum atomic E-state index is 0. The van der Waals surface area contributed by atoms with E-state index in [4.69, 9.17) is 0 Å². The molecule has 2 heteroatoms. The zero-order valence-corrected chi connectivity index (χ0v) is 5.91. The molecule has 2 unspecified atom stereocenters. The largest absolute Gasteiger partial charge is 0.412 e. The first-order chi connectivity index (χ1) is 3.81. The van der Waals surface area contributed by atoms with Crippen molar-refractivity contribution >= 4 is 0 Å². The standard InChI is InChI=1S/C7H13N.H2O/c1-7-4-6(7)2-3-8-5-7;/h6,8H,2-5H2,1H3;1H2. The van der Waals surface area contributed by atoms with Gasteiger partial charge >= 0.3 is 0 Å². The highest BCUT2D eigenvalue weighted by Gasteiger charge is 2.50. The van der Waals surface area contributed by atoms with Crippen LogP contribution in [0.25, 0.3) is 0 Å². The van der Waals surface area contributed by atoms with Gasteiger partial charge in [0.05, 0.1) is 0 Å². The molecule has 2 nitrogen and oxygen atoms in total. The SMILES string of the molecule is CC12CNCCC1C2.O. The van der Waals surface area contributed by atoms with Gasteiger partial charge in [-0.05, 0) is 30.7 Å². The first-order valence-corrected chi connectivity index (χ1v) is 3.52. The summed E-state index contributed by atoms with van der Waals surface area (Å²) in [6.07, 6.45) is 2.91. The second kappa shape index (κ2) is 1.96. The van der Waals surface area contributed by atoms with Gasteiger partial charge in [-0.3, -0.25) is 0 Å². The normalized spacial score (nSPS) is 47.0. The maximum absolute atomic E-state index is 3.42. The molecule has 2 rings (SSSR count). The molecule has 2 aliphatic rings. The summed E-state index contributed by atoms with van der Waals surface area (Å²) in [5.41, 5.74) is 0.734. The van der Waals surface area contributed by atoms with Crippen LogP contribution in [0.3, 0.4) is 0 Å². The molecule has 3 N–H and O–H groups in total. The van der Waals surface area contributed by atoms with Crippen LogP contribution in [0.5, 0.6) is 0 Å². The van der Waals surface area contributed by atoms with Crippen LogP contribution >= 0.6 is 0 Å². The quantitative estimate of drug-likeness (QED) is 0.498. The van der Waals surface area contributed by atoms with Gasteiger partial charge in [0.2, 0.25) is 0 Å². The summed E-state index contributed by atoms with van der Waals surface area (Å²) in [5, 5.41) is 3.42. The minimum absolute atomic E-state index is 0. The van der Waals surface area contributed by atoms with E-state index in [0.717, 1.165) is 11.3 Å². The van der Waals surface area contributed by atoms with Crippen molar-refractivity contribution in [3.05, 3.63) is 0 Å². The molecule has 2 atom stereocenters. The zero-order valence-electron chi connectivity index (χ0n) is 5.91. The monoisotopic (exact) mass is 129 g/mol. The van der Waals surface area contributed by atoms with Gasteiger partial charge in [0, 0.05) is 6.54 Å². The predicted molar refractivity (Wildman–Crippen MR) is 37.3 cm³/mol. The molecule has 0 bridgehead atoms. The Kier molecular flexibility index (Phi) is 1.53. The van der Waals surface area contributed by atoms with Gasteiger partial charge in [-0.15, -0.1) is 0 Å². The molecule has 0 aromatic heterocycles. The molecular formula is C7H15NO. The maximum Gasteiger partial charge on any atom is 0.000793 e. The van der Waals surface area contributed by atoms with Crippen molar-refractivity contribution in [1.29, 1.82) is 0 Å². The fraction of sp³-hybridized carbons (Fsp3) is 1.00. The van der Waals surface area contributed by atoms with Crippen LogP contribution in [-0.2, 0) is 0 Å². The summed E-state index contributed by atoms with van der Waals surface area (Å²) in [5.74, 6) is 1.09. The van der Waals surface area contributed by atoms with E-state index in [0.29, 0.717) is 0 Å². The highest BCUT2D eigenvalue weighted by molar-refractivity contribution is 5.02. The third-order valence-corrected chi connectivity index (χ3v) is 2.74. The lowest BCUT2D eigenvalue weighted by Gasteiger charge is -2.17. The van der Waals surface area contributed by atoms with Gasteiger partial charge in [-0.1, -0.05) is 6.92 Å². The van der Waals surface area contributed by atoms with E-state index < -0.39 is 0 Å². The van der Waals surface area contributed by atoms with Crippen molar-refractivity contribution in [3.63, 3.8) is 0 Å². The average molecular weight is 129 g/mol. The number of piperidine rings is 1. The summed E-state index contributed by atoms with van der Waals surface area (Å²) in [6, 6.07) is 0. The fourth-order valence-electron chi connectivity index (χ4n) is 1.82. The minimum Gasteiger partial charge on any atom is -0.412 e. The average Bonchev–Trinajstić information content (AvgIpc) is 2.39. The summed E-state index contributed by atoms with van der Waals surface area (Å²) in [4.78, 5) is 0. The van der Waals surface area contributed by atoms with Crippen molar-refractivity contribution in [2.75, 3.05) is 13.1 Å². The Labute approximate surface area is 55.9 Å².